The van der Waals surface area contributed by atoms with Crippen molar-refractivity contribution in [1.82, 2.24) is 0 Å². The van der Waals surface area contributed by atoms with Crippen LogP contribution in [0.4, 0.5) is 0 Å². The molecule has 0 heterocycles. The molecule has 2 nitrogen and oxygen atoms in total. The fraction of sp³-hybridized carbons (Fsp3) is 1.00. The van der Waals surface area contributed by atoms with Gasteiger partial charge in [0.05, 0.1) is 12.2 Å². The van der Waals surface area contributed by atoms with Crippen LogP contribution in [-0.4, -0.2) is 23.9 Å². The molecule has 0 aromatic rings. The minimum absolute atomic E-state index is 0.124. The van der Waals surface area contributed by atoms with Crippen molar-refractivity contribution in [1.29, 1.82) is 0 Å². The predicted octanol–water partition coefficient (Wildman–Crippen LogP) is 2.21. The average Bonchev–Trinajstić information content (AvgIpc) is 1.85. The lowest BCUT2D eigenvalue weighted by molar-refractivity contribution is -0.1000. The summed E-state index contributed by atoms with van der Waals surface area (Å²) in [5.41, 5.74) is -0.858. The minimum atomic E-state index is -0.734. The summed E-state index contributed by atoms with van der Waals surface area (Å²) in [6.45, 7) is 11.1. The zero-order chi connectivity index (χ0) is 9.83. The van der Waals surface area contributed by atoms with Crippen molar-refractivity contribution in [3.05, 3.63) is 0 Å². The molecule has 2 heteroatoms. The maximum absolute atomic E-state index is 9.95. The second kappa shape index (κ2) is 4.24. The normalized spacial score (nSPS) is 17.5. The average molecular weight is 174 g/mol. The summed E-state index contributed by atoms with van der Waals surface area (Å²) in [4.78, 5) is 0. The van der Waals surface area contributed by atoms with Gasteiger partial charge in [0, 0.05) is 6.61 Å². The molecule has 0 aliphatic rings. The molecule has 0 amide bonds. The van der Waals surface area contributed by atoms with E-state index in [4.69, 9.17) is 4.74 Å². The van der Waals surface area contributed by atoms with Crippen LogP contribution < -0.4 is 0 Å². The Labute approximate surface area is 75.9 Å². The van der Waals surface area contributed by atoms with Gasteiger partial charge in [-0.2, -0.15) is 0 Å². The summed E-state index contributed by atoms with van der Waals surface area (Å²) in [7, 11) is 0. The van der Waals surface area contributed by atoms with Gasteiger partial charge >= 0.3 is 0 Å². The molecule has 0 saturated heterocycles. The molecule has 12 heavy (non-hydrogen) atoms. The highest BCUT2D eigenvalue weighted by Gasteiger charge is 2.35. The number of aliphatic hydroxyl groups is 1. The van der Waals surface area contributed by atoms with E-state index in [9.17, 15) is 5.11 Å². The summed E-state index contributed by atoms with van der Waals surface area (Å²) < 4.78 is 5.32. The molecular weight excluding hydrogens is 152 g/mol. The molecule has 0 aliphatic carbocycles. The Morgan fingerprint density at radius 3 is 2.00 bits per heavy atom. The number of hydrogen-bond donors (Lipinski definition) is 1. The lowest BCUT2D eigenvalue weighted by Crippen LogP contribution is -2.44. The summed E-state index contributed by atoms with van der Waals surface area (Å²) in [5, 5.41) is 9.95. The van der Waals surface area contributed by atoms with Crippen molar-refractivity contribution in [2.75, 3.05) is 13.2 Å². The fourth-order valence-corrected chi connectivity index (χ4v) is 0.632. The number of rotatable bonds is 4. The van der Waals surface area contributed by atoms with E-state index >= 15 is 0 Å². The van der Waals surface area contributed by atoms with Gasteiger partial charge in [-0.1, -0.05) is 27.7 Å². The smallest absolute Gasteiger partial charge is 0.0900 e. The largest absolute Gasteiger partial charge is 0.387 e. The Balaban J connectivity index is 3.88. The van der Waals surface area contributed by atoms with Crippen LogP contribution >= 0.6 is 0 Å². The second-order valence-corrected chi connectivity index (χ2v) is 4.58. The van der Waals surface area contributed by atoms with Crippen molar-refractivity contribution in [2.45, 2.75) is 46.6 Å². The SMILES string of the molecule is CCCOCC(C)(O)C(C)(C)C. The molecule has 0 aliphatic heterocycles. The third kappa shape index (κ3) is 3.55. The highest BCUT2D eigenvalue weighted by Crippen LogP contribution is 2.29. The van der Waals surface area contributed by atoms with Gasteiger partial charge < -0.3 is 9.84 Å². The van der Waals surface area contributed by atoms with E-state index in [1.165, 1.54) is 0 Å². The van der Waals surface area contributed by atoms with E-state index in [1.54, 1.807) is 0 Å². The molecule has 1 atom stereocenters. The van der Waals surface area contributed by atoms with Gasteiger partial charge in [0.25, 0.3) is 0 Å². The van der Waals surface area contributed by atoms with Crippen molar-refractivity contribution in [3.8, 4) is 0 Å². The van der Waals surface area contributed by atoms with Gasteiger partial charge in [0.2, 0.25) is 0 Å². The van der Waals surface area contributed by atoms with Crippen LogP contribution in [0, 0.1) is 5.41 Å². The molecule has 0 bridgehead atoms. The molecule has 74 valence electrons. The maximum Gasteiger partial charge on any atom is 0.0900 e. The Kier molecular flexibility index (Phi) is 4.21. The molecule has 1 N–H and O–H groups in total. The Morgan fingerprint density at radius 2 is 1.67 bits per heavy atom. The lowest BCUT2D eigenvalue weighted by atomic mass is 9.78. The van der Waals surface area contributed by atoms with Crippen LogP contribution in [0.1, 0.15) is 41.0 Å². The fourth-order valence-electron chi connectivity index (χ4n) is 0.632. The second-order valence-electron chi connectivity index (χ2n) is 4.58. The first-order valence-corrected chi connectivity index (χ1v) is 4.61. The third-order valence-corrected chi connectivity index (χ3v) is 2.35. The van der Waals surface area contributed by atoms with Gasteiger partial charge in [-0.25, -0.2) is 0 Å². The van der Waals surface area contributed by atoms with E-state index in [2.05, 4.69) is 6.92 Å². The summed E-state index contributed by atoms with van der Waals surface area (Å²) in [6, 6.07) is 0. The van der Waals surface area contributed by atoms with E-state index in [0.717, 1.165) is 13.0 Å². The first kappa shape index (κ1) is 11.9. The van der Waals surface area contributed by atoms with Crippen LogP contribution in [0.15, 0.2) is 0 Å². The van der Waals surface area contributed by atoms with Crippen molar-refractivity contribution in [2.24, 2.45) is 5.41 Å². The monoisotopic (exact) mass is 174 g/mol. The third-order valence-electron chi connectivity index (χ3n) is 2.35. The van der Waals surface area contributed by atoms with Gasteiger partial charge in [-0.3, -0.25) is 0 Å². The van der Waals surface area contributed by atoms with Gasteiger partial charge in [0.1, 0.15) is 0 Å². The highest BCUT2D eigenvalue weighted by molar-refractivity contribution is 4.85. The molecule has 1 unspecified atom stereocenters. The minimum Gasteiger partial charge on any atom is -0.387 e. The molecule has 0 radical (unpaired) electrons. The maximum atomic E-state index is 9.95. The molecule has 0 aromatic heterocycles. The summed E-state index contributed by atoms with van der Waals surface area (Å²) >= 11 is 0. The van der Waals surface area contributed by atoms with Crippen molar-refractivity contribution < 1.29 is 9.84 Å². The van der Waals surface area contributed by atoms with Gasteiger partial charge in [-0.05, 0) is 18.8 Å². The number of hydrogen-bond acceptors (Lipinski definition) is 2. The van der Waals surface area contributed by atoms with Crippen LogP contribution in [0.25, 0.3) is 0 Å². The first-order valence-electron chi connectivity index (χ1n) is 4.61. The predicted molar refractivity (Wildman–Crippen MR) is 51.2 cm³/mol. The van der Waals surface area contributed by atoms with Gasteiger partial charge in [-0.15, -0.1) is 0 Å². The number of ether oxygens (including phenoxy) is 1. The summed E-state index contributed by atoms with van der Waals surface area (Å²) in [5.74, 6) is 0. The molecule has 0 saturated carbocycles. The zero-order valence-electron chi connectivity index (χ0n) is 8.98. The van der Waals surface area contributed by atoms with Crippen LogP contribution in [0.5, 0.6) is 0 Å². The topological polar surface area (TPSA) is 29.5 Å². The van der Waals surface area contributed by atoms with Crippen molar-refractivity contribution in [3.63, 3.8) is 0 Å². The molecule has 0 rings (SSSR count). The molecule has 0 fully saturated rings. The van der Waals surface area contributed by atoms with E-state index in [-0.39, 0.29) is 5.41 Å². The summed E-state index contributed by atoms with van der Waals surface area (Å²) in [6.07, 6.45) is 1.00. The molecule has 0 aromatic carbocycles. The Bertz CT molecular complexity index is 122. The van der Waals surface area contributed by atoms with E-state index in [1.807, 2.05) is 27.7 Å². The Hall–Kier alpha value is -0.0800. The molecule has 0 spiro atoms. The van der Waals surface area contributed by atoms with Crippen LogP contribution in [0.3, 0.4) is 0 Å². The van der Waals surface area contributed by atoms with Gasteiger partial charge in [0.15, 0.2) is 0 Å². The highest BCUT2D eigenvalue weighted by atomic mass is 16.5. The first-order chi connectivity index (χ1) is 5.31. The zero-order valence-corrected chi connectivity index (χ0v) is 8.98. The quantitative estimate of drug-likeness (QED) is 0.662. The van der Waals surface area contributed by atoms with Crippen LogP contribution in [-0.2, 0) is 4.74 Å². The van der Waals surface area contributed by atoms with E-state index in [0.29, 0.717) is 6.61 Å². The van der Waals surface area contributed by atoms with Crippen LogP contribution in [0.2, 0.25) is 0 Å². The lowest BCUT2D eigenvalue weighted by Gasteiger charge is -2.36. The van der Waals surface area contributed by atoms with E-state index < -0.39 is 5.60 Å². The Morgan fingerprint density at radius 1 is 1.17 bits per heavy atom. The standard InChI is InChI=1S/C10H22O2/c1-6-7-12-8-10(5,11)9(2,3)4/h11H,6-8H2,1-5H3. The molecular formula is C10H22O2. The van der Waals surface area contributed by atoms with Crippen molar-refractivity contribution >= 4 is 0 Å².